The Bertz CT molecular complexity index is 1050. The highest BCUT2D eigenvalue weighted by Gasteiger charge is 2.27. The molecular formula is C23H26N4O3. The molecule has 1 fully saturated rings. The van der Waals surface area contributed by atoms with Crippen LogP contribution in [0.25, 0.3) is 11.3 Å². The third-order valence-electron chi connectivity index (χ3n) is 4.94. The van der Waals surface area contributed by atoms with Crippen LogP contribution in [0.5, 0.6) is 5.75 Å². The summed E-state index contributed by atoms with van der Waals surface area (Å²) in [5, 5.41) is 6.14. The maximum atomic E-state index is 12.1. The van der Waals surface area contributed by atoms with Gasteiger partial charge in [0.25, 0.3) is 6.01 Å². The number of benzene rings is 2. The van der Waals surface area contributed by atoms with E-state index in [9.17, 15) is 4.79 Å². The molecule has 4 rings (SSSR count). The van der Waals surface area contributed by atoms with Crippen LogP contribution in [-0.2, 0) is 0 Å². The number of rotatable bonds is 7. The van der Waals surface area contributed by atoms with E-state index in [0.29, 0.717) is 24.9 Å². The maximum absolute atomic E-state index is 12.1. The number of carbonyl (C=O) groups is 1. The number of nitrogens with zero attached hydrogens (tertiary/aromatic N) is 2. The van der Waals surface area contributed by atoms with Crippen LogP contribution in [0.3, 0.4) is 0 Å². The van der Waals surface area contributed by atoms with E-state index in [1.54, 1.807) is 11.1 Å². The molecule has 7 heteroatoms. The van der Waals surface area contributed by atoms with Crippen LogP contribution >= 0.6 is 0 Å². The van der Waals surface area contributed by atoms with E-state index in [1.807, 2.05) is 56.3 Å². The van der Waals surface area contributed by atoms with E-state index in [1.165, 1.54) is 0 Å². The fourth-order valence-corrected chi connectivity index (χ4v) is 3.37. The van der Waals surface area contributed by atoms with Crippen molar-refractivity contribution in [3.63, 3.8) is 0 Å². The van der Waals surface area contributed by atoms with Gasteiger partial charge < -0.3 is 19.8 Å². The number of aryl methyl sites for hydroxylation is 1. The third-order valence-corrected chi connectivity index (χ3v) is 4.94. The molecule has 1 aliphatic rings. The molecule has 1 saturated heterocycles. The summed E-state index contributed by atoms with van der Waals surface area (Å²) in [5.41, 5.74) is 3.64. The van der Waals surface area contributed by atoms with Gasteiger partial charge in [0.2, 0.25) is 0 Å². The lowest BCUT2D eigenvalue weighted by Gasteiger charge is -2.15. The molecule has 0 spiro atoms. The number of amides is 2. The van der Waals surface area contributed by atoms with Gasteiger partial charge in [-0.25, -0.2) is 9.78 Å². The standard InChI is InChI=1S/C23H26N4O3/c1-4-10-29-19-9-8-15(2)20(12-19)26-22-24-13-21(30-22)17-6-5-7-18(11-17)27-14-16(3)25-23(27)28/h5-9,11-13,16H,4,10,14H2,1-3H3,(H,24,26)(H,25,28). The van der Waals surface area contributed by atoms with E-state index < -0.39 is 0 Å². The Hall–Kier alpha value is -3.48. The first-order chi connectivity index (χ1) is 14.5. The average Bonchev–Trinajstić information content (AvgIpc) is 3.34. The molecule has 1 atom stereocenters. The Morgan fingerprint density at radius 3 is 2.93 bits per heavy atom. The molecule has 1 unspecified atom stereocenters. The van der Waals surface area contributed by atoms with Gasteiger partial charge in [-0.1, -0.05) is 25.1 Å². The summed E-state index contributed by atoms with van der Waals surface area (Å²) in [7, 11) is 0. The van der Waals surface area contributed by atoms with Crippen LogP contribution in [0, 0.1) is 6.92 Å². The highest BCUT2D eigenvalue weighted by atomic mass is 16.5. The zero-order valence-electron chi connectivity index (χ0n) is 17.4. The SMILES string of the molecule is CCCOc1ccc(C)c(Nc2ncc(-c3cccc(N4CC(C)NC4=O)c3)o2)c1. The van der Waals surface area contributed by atoms with Gasteiger partial charge in [-0.3, -0.25) is 4.90 Å². The number of hydrogen-bond acceptors (Lipinski definition) is 5. The van der Waals surface area contributed by atoms with Gasteiger partial charge in [-0.2, -0.15) is 0 Å². The van der Waals surface area contributed by atoms with Gasteiger partial charge in [0.05, 0.1) is 12.8 Å². The number of hydrogen-bond donors (Lipinski definition) is 2. The monoisotopic (exact) mass is 406 g/mol. The lowest BCUT2D eigenvalue weighted by molar-refractivity contribution is 0.251. The summed E-state index contributed by atoms with van der Waals surface area (Å²) in [6.45, 7) is 7.40. The Morgan fingerprint density at radius 1 is 1.30 bits per heavy atom. The van der Waals surface area contributed by atoms with Crippen LogP contribution in [0.15, 0.2) is 53.1 Å². The summed E-state index contributed by atoms with van der Waals surface area (Å²) >= 11 is 0. The molecule has 2 heterocycles. The smallest absolute Gasteiger partial charge is 0.322 e. The van der Waals surface area contributed by atoms with Crippen molar-refractivity contribution in [2.45, 2.75) is 33.2 Å². The van der Waals surface area contributed by atoms with Crippen molar-refractivity contribution >= 4 is 23.4 Å². The van der Waals surface area contributed by atoms with Crippen molar-refractivity contribution in [2.75, 3.05) is 23.4 Å². The molecule has 0 radical (unpaired) electrons. The number of ether oxygens (including phenoxy) is 1. The normalized spacial score (nSPS) is 15.9. The number of carbonyl (C=O) groups excluding carboxylic acids is 1. The minimum absolute atomic E-state index is 0.0831. The van der Waals surface area contributed by atoms with E-state index in [-0.39, 0.29) is 12.1 Å². The van der Waals surface area contributed by atoms with Crippen molar-refractivity contribution in [2.24, 2.45) is 0 Å². The molecule has 1 aromatic heterocycles. The largest absolute Gasteiger partial charge is 0.494 e. The fourth-order valence-electron chi connectivity index (χ4n) is 3.37. The highest BCUT2D eigenvalue weighted by Crippen LogP contribution is 2.30. The van der Waals surface area contributed by atoms with Crippen LogP contribution in [0.2, 0.25) is 0 Å². The molecule has 2 N–H and O–H groups in total. The van der Waals surface area contributed by atoms with E-state index >= 15 is 0 Å². The minimum atomic E-state index is -0.0831. The Labute approximate surface area is 176 Å². The summed E-state index contributed by atoms with van der Waals surface area (Å²) in [5.74, 6) is 1.44. The highest BCUT2D eigenvalue weighted by molar-refractivity contribution is 5.95. The molecule has 2 amide bonds. The quantitative estimate of drug-likeness (QED) is 0.571. The summed E-state index contributed by atoms with van der Waals surface area (Å²) in [6, 6.07) is 14.1. The average molecular weight is 406 g/mol. The van der Waals surface area contributed by atoms with E-state index in [0.717, 1.165) is 34.7 Å². The van der Waals surface area contributed by atoms with Crippen molar-refractivity contribution in [1.29, 1.82) is 0 Å². The zero-order chi connectivity index (χ0) is 21.1. The Kier molecular flexibility index (Phi) is 5.61. The van der Waals surface area contributed by atoms with Gasteiger partial charge >= 0.3 is 6.03 Å². The van der Waals surface area contributed by atoms with Crippen molar-refractivity contribution in [3.05, 3.63) is 54.2 Å². The summed E-state index contributed by atoms with van der Waals surface area (Å²) in [6.07, 6.45) is 2.64. The lowest BCUT2D eigenvalue weighted by atomic mass is 10.1. The number of urea groups is 1. The molecule has 156 valence electrons. The van der Waals surface area contributed by atoms with Gasteiger partial charge in [0, 0.05) is 35.6 Å². The number of anilines is 3. The molecule has 0 aliphatic carbocycles. The molecule has 7 nitrogen and oxygen atoms in total. The number of oxazole rings is 1. The zero-order valence-corrected chi connectivity index (χ0v) is 17.4. The molecule has 1 aliphatic heterocycles. The van der Waals surface area contributed by atoms with Gasteiger partial charge in [0.15, 0.2) is 5.76 Å². The number of aromatic nitrogens is 1. The van der Waals surface area contributed by atoms with Crippen molar-refractivity contribution in [3.8, 4) is 17.1 Å². The van der Waals surface area contributed by atoms with E-state index in [4.69, 9.17) is 9.15 Å². The first kappa shape index (κ1) is 19.8. The minimum Gasteiger partial charge on any atom is -0.494 e. The lowest BCUT2D eigenvalue weighted by Crippen LogP contribution is -2.27. The first-order valence-electron chi connectivity index (χ1n) is 10.2. The fraction of sp³-hybridized carbons (Fsp3) is 0.304. The van der Waals surface area contributed by atoms with Gasteiger partial charge in [0.1, 0.15) is 5.75 Å². The topological polar surface area (TPSA) is 79.6 Å². The van der Waals surface area contributed by atoms with Gasteiger partial charge in [-0.15, -0.1) is 0 Å². The van der Waals surface area contributed by atoms with Crippen LogP contribution < -0.4 is 20.3 Å². The van der Waals surface area contributed by atoms with Crippen LogP contribution in [-0.4, -0.2) is 30.2 Å². The third kappa shape index (κ3) is 4.25. The molecule has 30 heavy (non-hydrogen) atoms. The van der Waals surface area contributed by atoms with Gasteiger partial charge in [-0.05, 0) is 44.0 Å². The predicted octanol–water partition coefficient (Wildman–Crippen LogP) is 5.10. The Balaban J connectivity index is 1.52. The second-order valence-electron chi connectivity index (χ2n) is 7.49. The second-order valence-corrected chi connectivity index (χ2v) is 7.49. The van der Waals surface area contributed by atoms with Crippen molar-refractivity contribution < 1.29 is 13.9 Å². The molecular weight excluding hydrogens is 380 g/mol. The summed E-state index contributed by atoms with van der Waals surface area (Å²) in [4.78, 5) is 18.2. The molecule has 2 aromatic carbocycles. The van der Waals surface area contributed by atoms with Crippen LogP contribution in [0.4, 0.5) is 22.2 Å². The molecule has 3 aromatic rings. The summed E-state index contributed by atoms with van der Waals surface area (Å²) < 4.78 is 11.6. The molecule has 0 saturated carbocycles. The second kappa shape index (κ2) is 8.49. The van der Waals surface area contributed by atoms with E-state index in [2.05, 4.69) is 22.5 Å². The van der Waals surface area contributed by atoms with Crippen LogP contribution in [0.1, 0.15) is 25.8 Å². The maximum Gasteiger partial charge on any atom is 0.322 e. The van der Waals surface area contributed by atoms with Crippen molar-refractivity contribution in [1.82, 2.24) is 10.3 Å². The molecule has 0 bridgehead atoms. The predicted molar refractivity (Wildman–Crippen MR) is 118 cm³/mol. The number of nitrogens with one attached hydrogen (secondary N) is 2. The Morgan fingerprint density at radius 2 is 2.17 bits per heavy atom. The first-order valence-corrected chi connectivity index (χ1v) is 10.2.